The molecule has 7 heteroatoms. The molecule has 2 heterocycles. The smallest absolute Gasteiger partial charge is 0.444 e. The van der Waals surface area contributed by atoms with Crippen LogP contribution in [0.4, 0.5) is 4.79 Å². The lowest BCUT2D eigenvalue weighted by Crippen LogP contribution is -2.52. The molecular formula is C22H34BNO5. The quantitative estimate of drug-likeness (QED) is 0.708. The molecule has 0 radical (unpaired) electrons. The van der Waals surface area contributed by atoms with Gasteiger partial charge in [-0.3, -0.25) is 0 Å². The van der Waals surface area contributed by atoms with Crippen LogP contribution >= 0.6 is 0 Å². The van der Waals surface area contributed by atoms with Crippen LogP contribution in [0.5, 0.6) is 0 Å². The molecule has 2 fully saturated rings. The summed E-state index contributed by atoms with van der Waals surface area (Å²) in [5.74, 6) is 0. The first-order chi connectivity index (χ1) is 13.2. The molecule has 0 spiro atoms. The standard InChI is InChI=1S/C22H34BNO5/c1-19(2,3)27-18(25)24-12-13-26-22(8,15-24)16-10-9-11-17(14-16)23-28-20(4,5)21(6,7)29-23/h9-11,14H,12-13,15H2,1-8H3. The minimum Gasteiger partial charge on any atom is -0.444 e. The minimum atomic E-state index is -0.630. The first-order valence-electron chi connectivity index (χ1n) is 10.3. The summed E-state index contributed by atoms with van der Waals surface area (Å²) in [6.07, 6.45) is -0.311. The normalized spacial score (nSPS) is 26.5. The van der Waals surface area contributed by atoms with E-state index in [0.29, 0.717) is 19.7 Å². The largest absolute Gasteiger partial charge is 0.494 e. The number of hydrogen-bond acceptors (Lipinski definition) is 5. The fourth-order valence-electron chi connectivity index (χ4n) is 3.52. The highest BCUT2D eigenvalue weighted by Crippen LogP contribution is 2.37. The predicted octanol–water partition coefficient (Wildman–Crippen LogP) is 3.47. The Morgan fingerprint density at radius 3 is 2.31 bits per heavy atom. The van der Waals surface area contributed by atoms with Gasteiger partial charge in [-0.1, -0.05) is 24.3 Å². The van der Waals surface area contributed by atoms with E-state index in [1.54, 1.807) is 4.90 Å². The van der Waals surface area contributed by atoms with Gasteiger partial charge in [0.15, 0.2) is 0 Å². The Labute approximate surface area is 175 Å². The van der Waals surface area contributed by atoms with Crippen molar-refractivity contribution in [1.82, 2.24) is 4.90 Å². The van der Waals surface area contributed by atoms with Crippen molar-refractivity contribution in [2.75, 3.05) is 19.7 Å². The molecule has 29 heavy (non-hydrogen) atoms. The molecule has 0 N–H and O–H groups in total. The maximum Gasteiger partial charge on any atom is 0.494 e. The molecule has 3 rings (SSSR count). The zero-order valence-corrected chi connectivity index (χ0v) is 19.0. The van der Waals surface area contributed by atoms with Gasteiger partial charge in [0.2, 0.25) is 0 Å². The summed E-state index contributed by atoms with van der Waals surface area (Å²) in [6, 6.07) is 8.06. The lowest BCUT2D eigenvalue weighted by Gasteiger charge is -2.41. The molecule has 1 aromatic rings. The molecule has 1 atom stereocenters. The van der Waals surface area contributed by atoms with Gasteiger partial charge in [0.05, 0.1) is 24.4 Å². The SMILES string of the molecule is CC(C)(C)OC(=O)N1CCOC(C)(c2cccc(B3OC(C)(C)C(C)(C)O3)c2)C1. The summed E-state index contributed by atoms with van der Waals surface area (Å²) in [5.41, 5.74) is -0.0193. The van der Waals surface area contributed by atoms with Gasteiger partial charge in [-0.05, 0) is 66.4 Å². The number of ether oxygens (including phenoxy) is 2. The Morgan fingerprint density at radius 2 is 1.72 bits per heavy atom. The Hall–Kier alpha value is -1.57. The Balaban J connectivity index is 1.80. The second kappa shape index (κ2) is 7.29. The highest BCUT2D eigenvalue weighted by molar-refractivity contribution is 6.62. The molecule has 6 nitrogen and oxygen atoms in total. The first-order valence-corrected chi connectivity index (χ1v) is 10.3. The molecule has 0 saturated carbocycles. The highest BCUT2D eigenvalue weighted by atomic mass is 16.7. The number of morpholine rings is 1. The van der Waals surface area contributed by atoms with E-state index in [1.165, 1.54) is 0 Å². The summed E-state index contributed by atoms with van der Waals surface area (Å²) in [6.45, 7) is 17.2. The third-order valence-electron chi connectivity index (χ3n) is 5.95. The van der Waals surface area contributed by atoms with E-state index in [-0.39, 0.29) is 6.09 Å². The maximum atomic E-state index is 12.6. The van der Waals surface area contributed by atoms with Crippen molar-refractivity contribution in [2.45, 2.75) is 77.8 Å². The Bertz CT molecular complexity index is 757. The molecule has 0 bridgehead atoms. The second-order valence-corrected chi connectivity index (χ2v) is 10.2. The van der Waals surface area contributed by atoms with Crippen LogP contribution < -0.4 is 5.46 Å². The average Bonchev–Trinajstić information content (AvgIpc) is 2.81. The maximum absolute atomic E-state index is 12.6. The predicted molar refractivity (Wildman–Crippen MR) is 113 cm³/mol. The van der Waals surface area contributed by atoms with Crippen LogP contribution in [0, 0.1) is 0 Å². The molecule has 2 aliphatic heterocycles. The fraction of sp³-hybridized carbons (Fsp3) is 0.682. The number of nitrogens with zero attached hydrogens (tertiary/aromatic N) is 1. The third kappa shape index (κ3) is 4.62. The van der Waals surface area contributed by atoms with E-state index in [2.05, 4.69) is 6.07 Å². The van der Waals surface area contributed by atoms with Crippen LogP contribution in [0.25, 0.3) is 0 Å². The van der Waals surface area contributed by atoms with Crippen molar-refractivity contribution in [3.63, 3.8) is 0 Å². The number of rotatable bonds is 2. The van der Waals surface area contributed by atoms with Crippen LogP contribution in [0.1, 0.15) is 61.0 Å². The van der Waals surface area contributed by atoms with Gasteiger partial charge in [0.1, 0.15) is 11.2 Å². The van der Waals surface area contributed by atoms with E-state index in [4.69, 9.17) is 18.8 Å². The summed E-state index contributed by atoms with van der Waals surface area (Å²) in [7, 11) is -0.436. The Morgan fingerprint density at radius 1 is 1.10 bits per heavy atom. The molecular weight excluding hydrogens is 369 g/mol. The highest BCUT2D eigenvalue weighted by Gasteiger charge is 2.52. The molecule has 1 aromatic carbocycles. The first kappa shape index (κ1) is 22.1. The summed E-state index contributed by atoms with van der Waals surface area (Å²) in [4.78, 5) is 14.3. The topological polar surface area (TPSA) is 57.2 Å². The zero-order valence-electron chi connectivity index (χ0n) is 19.0. The minimum absolute atomic E-state index is 0.311. The summed E-state index contributed by atoms with van der Waals surface area (Å²) >= 11 is 0. The van der Waals surface area contributed by atoms with Crippen molar-refractivity contribution >= 4 is 18.7 Å². The second-order valence-electron chi connectivity index (χ2n) is 10.2. The van der Waals surface area contributed by atoms with Crippen LogP contribution in [0.2, 0.25) is 0 Å². The van der Waals surface area contributed by atoms with Crippen LogP contribution in [-0.2, 0) is 24.4 Å². The molecule has 2 saturated heterocycles. The van der Waals surface area contributed by atoms with Gasteiger partial charge in [-0.15, -0.1) is 0 Å². The van der Waals surface area contributed by atoms with Crippen molar-refractivity contribution in [3.8, 4) is 0 Å². The van der Waals surface area contributed by atoms with Crippen LogP contribution in [0.15, 0.2) is 24.3 Å². The van der Waals surface area contributed by atoms with E-state index >= 15 is 0 Å². The average molecular weight is 403 g/mol. The van der Waals surface area contributed by atoms with Crippen molar-refractivity contribution in [1.29, 1.82) is 0 Å². The molecule has 0 aliphatic carbocycles. The van der Waals surface area contributed by atoms with Crippen LogP contribution in [-0.4, -0.2) is 54.6 Å². The number of carbonyl (C=O) groups excluding carboxylic acids is 1. The number of amides is 1. The van der Waals surface area contributed by atoms with Crippen molar-refractivity contribution in [3.05, 3.63) is 29.8 Å². The molecule has 160 valence electrons. The summed E-state index contributed by atoms with van der Waals surface area (Å²) < 4.78 is 24.1. The molecule has 1 unspecified atom stereocenters. The van der Waals surface area contributed by atoms with Gasteiger partial charge in [-0.25, -0.2) is 4.79 Å². The number of benzene rings is 1. The van der Waals surface area contributed by atoms with Crippen molar-refractivity contribution in [2.24, 2.45) is 0 Å². The zero-order chi connectivity index (χ0) is 21.7. The lowest BCUT2D eigenvalue weighted by molar-refractivity contribution is -0.103. The molecule has 0 aromatic heterocycles. The van der Waals surface area contributed by atoms with Gasteiger partial charge in [0.25, 0.3) is 0 Å². The van der Waals surface area contributed by atoms with E-state index in [9.17, 15) is 4.79 Å². The van der Waals surface area contributed by atoms with Crippen LogP contribution in [0.3, 0.4) is 0 Å². The van der Waals surface area contributed by atoms with Gasteiger partial charge >= 0.3 is 13.2 Å². The number of carbonyl (C=O) groups is 1. The van der Waals surface area contributed by atoms with E-state index in [1.807, 2.05) is 73.6 Å². The monoisotopic (exact) mass is 403 g/mol. The van der Waals surface area contributed by atoms with Gasteiger partial charge < -0.3 is 23.7 Å². The van der Waals surface area contributed by atoms with E-state index in [0.717, 1.165) is 11.0 Å². The molecule has 1 amide bonds. The Kier molecular flexibility index (Phi) is 5.56. The summed E-state index contributed by atoms with van der Waals surface area (Å²) in [5, 5.41) is 0. The third-order valence-corrected chi connectivity index (χ3v) is 5.95. The van der Waals surface area contributed by atoms with Crippen molar-refractivity contribution < 1.29 is 23.6 Å². The number of hydrogen-bond donors (Lipinski definition) is 0. The fourth-order valence-corrected chi connectivity index (χ4v) is 3.52. The van der Waals surface area contributed by atoms with Gasteiger partial charge in [0, 0.05) is 6.54 Å². The lowest BCUT2D eigenvalue weighted by atomic mass is 9.77. The van der Waals surface area contributed by atoms with E-state index < -0.39 is 29.5 Å². The molecule has 2 aliphatic rings. The van der Waals surface area contributed by atoms with Gasteiger partial charge in [-0.2, -0.15) is 0 Å².